The van der Waals surface area contributed by atoms with E-state index in [0.717, 1.165) is 36.5 Å². The van der Waals surface area contributed by atoms with Crippen LogP contribution in [0.5, 0.6) is 0 Å². The Morgan fingerprint density at radius 3 is 2.86 bits per heavy atom. The summed E-state index contributed by atoms with van der Waals surface area (Å²) < 4.78 is 31.2. The fourth-order valence-corrected chi connectivity index (χ4v) is 4.70. The van der Waals surface area contributed by atoms with Gasteiger partial charge in [0, 0.05) is 25.0 Å². The number of hydrogen-bond acceptors (Lipinski definition) is 7. The van der Waals surface area contributed by atoms with Crippen molar-refractivity contribution in [3.63, 3.8) is 0 Å². The minimum absolute atomic E-state index is 0.211. The Bertz CT molecular complexity index is 605. The van der Waals surface area contributed by atoms with Gasteiger partial charge in [-0.15, -0.1) is 5.10 Å². The summed E-state index contributed by atoms with van der Waals surface area (Å²) in [6.45, 7) is 5.12. The Hall–Kier alpha value is -1.24. The molecular weight excluding hydrogens is 307 g/mol. The molecule has 0 bridgehead atoms. The van der Waals surface area contributed by atoms with Gasteiger partial charge in [0.2, 0.25) is 0 Å². The first-order chi connectivity index (χ1) is 10.6. The molecule has 1 aromatic rings. The topological polar surface area (TPSA) is 88.4 Å². The average molecular weight is 328 g/mol. The van der Waals surface area contributed by atoms with Gasteiger partial charge in [-0.3, -0.25) is 4.57 Å². The third-order valence-electron chi connectivity index (χ3n) is 3.73. The molecule has 0 saturated carbocycles. The van der Waals surface area contributed by atoms with Gasteiger partial charge < -0.3 is 13.8 Å². The minimum atomic E-state index is -3.11. The zero-order valence-corrected chi connectivity index (χ0v) is 13.8. The van der Waals surface area contributed by atoms with Crippen LogP contribution in [0, 0.1) is 0 Å². The molecule has 3 rings (SSSR count). The molecule has 2 aliphatic rings. The van der Waals surface area contributed by atoms with Crippen molar-refractivity contribution in [3.05, 3.63) is 11.6 Å². The smallest absolute Gasteiger partial charge is 0.334 e. The fourth-order valence-electron chi connectivity index (χ4n) is 2.93. The lowest BCUT2D eigenvalue weighted by Gasteiger charge is -2.21. The van der Waals surface area contributed by atoms with E-state index in [2.05, 4.69) is 15.5 Å². The van der Waals surface area contributed by atoms with E-state index in [1.165, 1.54) is 0 Å². The number of hydrogen-bond donors (Lipinski definition) is 0. The summed E-state index contributed by atoms with van der Waals surface area (Å²) >= 11 is 0. The van der Waals surface area contributed by atoms with E-state index in [1.807, 2.05) is 13.8 Å². The molecule has 1 unspecified atom stereocenters. The highest BCUT2D eigenvalue weighted by molar-refractivity contribution is 7.53. The first-order valence-electron chi connectivity index (χ1n) is 7.68. The standard InChI is InChI=1S/C13H21N4O4P/c1-3-19-22(18,20-4-2)9-10-8-11-12(21-10)6-5-7-17-13(11)14-15-16-17/h10H,3-9H2,1-2H3. The molecule has 0 aromatic carbocycles. The predicted molar refractivity (Wildman–Crippen MR) is 79.2 cm³/mol. The van der Waals surface area contributed by atoms with E-state index in [-0.39, 0.29) is 12.3 Å². The van der Waals surface area contributed by atoms with Crippen LogP contribution in [-0.4, -0.2) is 45.7 Å². The molecule has 0 N–H and O–H groups in total. The second-order valence-electron chi connectivity index (χ2n) is 5.30. The molecule has 22 heavy (non-hydrogen) atoms. The number of allylic oxidation sites excluding steroid dienone is 1. The van der Waals surface area contributed by atoms with Crippen LogP contribution in [0.1, 0.15) is 38.9 Å². The molecule has 122 valence electrons. The van der Waals surface area contributed by atoms with Crippen molar-refractivity contribution in [3.8, 4) is 0 Å². The van der Waals surface area contributed by atoms with Crippen molar-refractivity contribution in [2.75, 3.05) is 19.4 Å². The van der Waals surface area contributed by atoms with Crippen molar-refractivity contribution in [2.24, 2.45) is 0 Å². The summed E-state index contributed by atoms with van der Waals surface area (Å²) in [5.41, 5.74) is 1.02. The molecule has 9 heteroatoms. The summed E-state index contributed by atoms with van der Waals surface area (Å²) in [7, 11) is -3.11. The lowest BCUT2D eigenvalue weighted by molar-refractivity contribution is 0.139. The Labute approximate surface area is 129 Å². The average Bonchev–Trinajstić information content (AvgIpc) is 3.03. The van der Waals surface area contributed by atoms with E-state index in [9.17, 15) is 4.57 Å². The molecule has 0 aliphatic carbocycles. The third-order valence-corrected chi connectivity index (χ3v) is 5.89. The maximum absolute atomic E-state index is 12.6. The van der Waals surface area contributed by atoms with E-state index >= 15 is 0 Å². The van der Waals surface area contributed by atoms with Crippen LogP contribution in [0.4, 0.5) is 0 Å². The van der Waals surface area contributed by atoms with Crippen molar-refractivity contribution in [1.82, 2.24) is 20.2 Å². The molecule has 0 amide bonds. The highest BCUT2D eigenvalue weighted by Crippen LogP contribution is 2.51. The molecule has 0 saturated heterocycles. The molecule has 1 atom stereocenters. The van der Waals surface area contributed by atoms with Crippen LogP contribution in [0.15, 0.2) is 5.76 Å². The van der Waals surface area contributed by atoms with Crippen LogP contribution >= 0.6 is 7.60 Å². The van der Waals surface area contributed by atoms with E-state index < -0.39 is 7.60 Å². The molecule has 0 spiro atoms. The number of rotatable bonds is 6. The maximum Gasteiger partial charge on any atom is 0.334 e. The molecular formula is C13H21N4O4P. The van der Waals surface area contributed by atoms with Gasteiger partial charge in [0.1, 0.15) is 11.9 Å². The van der Waals surface area contributed by atoms with Crippen molar-refractivity contribution >= 4 is 13.2 Å². The van der Waals surface area contributed by atoms with Gasteiger partial charge in [-0.25, -0.2) is 4.68 Å². The first kappa shape index (κ1) is 15.6. The van der Waals surface area contributed by atoms with Crippen molar-refractivity contribution < 1.29 is 18.3 Å². The van der Waals surface area contributed by atoms with Crippen LogP contribution in [0.2, 0.25) is 0 Å². The highest BCUT2D eigenvalue weighted by atomic mass is 31.2. The van der Waals surface area contributed by atoms with Gasteiger partial charge in [-0.2, -0.15) is 0 Å². The molecule has 0 fully saturated rings. The third kappa shape index (κ3) is 3.09. The first-order valence-corrected chi connectivity index (χ1v) is 9.41. The van der Waals surface area contributed by atoms with Crippen LogP contribution in [0.3, 0.4) is 0 Å². The lowest BCUT2D eigenvalue weighted by atomic mass is 10.1. The van der Waals surface area contributed by atoms with Gasteiger partial charge in [-0.05, 0) is 30.7 Å². The zero-order chi connectivity index (χ0) is 15.6. The quantitative estimate of drug-likeness (QED) is 0.740. The number of ether oxygens (including phenoxy) is 1. The van der Waals surface area contributed by atoms with E-state index in [0.29, 0.717) is 19.6 Å². The maximum atomic E-state index is 12.6. The van der Waals surface area contributed by atoms with Crippen LogP contribution < -0.4 is 0 Å². The molecule has 3 heterocycles. The van der Waals surface area contributed by atoms with E-state index in [4.69, 9.17) is 13.8 Å². The van der Waals surface area contributed by atoms with Crippen LogP contribution in [-0.2, 0) is 24.9 Å². The Morgan fingerprint density at radius 1 is 1.36 bits per heavy atom. The van der Waals surface area contributed by atoms with Gasteiger partial charge in [0.25, 0.3) is 0 Å². The second kappa shape index (κ2) is 6.48. The minimum Gasteiger partial charge on any atom is -0.493 e. The van der Waals surface area contributed by atoms with Gasteiger partial charge in [-0.1, -0.05) is 0 Å². The normalized spacial score (nSPS) is 21.3. The van der Waals surface area contributed by atoms with Gasteiger partial charge in [0.05, 0.1) is 19.4 Å². The number of aryl methyl sites for hydroxylation is 1. The second-order valence-corrected chi connectivity index (χ2v) is 7.41. The molecule has 2 aliphatic heterocycles. The van der Waals surface area contributed by atoms with E-state index in [1.54, 1.807) is 4.68 Å². The molecule has 0 radical (unpaired) electrons. The number of aromatic nitrogens is 4. The molecule has 1 aromatic heterocycles. The Morgan fingerprint density at radius 2 is 2.14 bits per heavy atom. The van der Waals surface area contributed by atoms with Crippen molar-refractivity contribution in [1.29, 1.82) is 0 Å². The summed E-state index contributed by atoms with van der Waals surface area (Å²) in [6, 6.07) is 0. The SMILES string of the molecule is CCOP(=O)(CC1CC2=C(CCCn3nnnc32)O1)OCC. The highest BCUT2D eigenvalue weighted by Gasteiger charge is 2.37. The number of nitrogens with zero attached hydrogens (tertiary/aromatic N) is 4. The summed E-state index contributed by atoms with van der Waals surface area (Å²) in [4.78, 5) is 0. The largest absolute Gasteiger partial charge is 0.493 e. The summed E-state index contributed by atoms with van der Waals surface area (Å²) in [6.07, 6.45) is 2.45. The lowest BCUT2D eigenvalue weighted by Crippen LogP contribution is -2.16. The zero-order valence-electron chi connectivity index (χ0n) is 12.9. The van der Waals surface area contributed by atoms with Crippen molar-refractivity contribution in [2.45, 2.75) is 45.8 Å². The van der Waals surface area contributed by atoms with Crippen LogP contribution in [0.25, 0.3) is 5.57 Å². The summed E-state index contributed by atoms with van der Waals surface area (Å²) in [5, 5.41) is 11.8. The van der Waals surface area contributed by atoms with Gasteiger partial charge in [0.15, 0.2) is 5.82 Å². The Balaban J connectivity index is 1.73. The fraction of sp³-hybridized carbons (Fsp3) is 0.769. The predicted octanol–water partition coefficient (Wildman–Crippen LogP) is 2.23. The molecule has 8 nitrogen and oxygen atoms in total. The van der Waals surface area contributed by atoms with Gasteiger partial charge >= 0.3 is 7.60 Å². The summed E-state index contributed by atoms with van der Waals surface area (Å²) in [5.74, 6) is 1.68. The monoisotopic (exact) mass is 328 g/mol. The number of tetrazole rings is 1. The number of fused-ring (bicyclic) bond motifs is 2. The Kier molecular flexibility index (Phi) is 4.61.